The topological polar surface area (TPSA) is 156 Å². The van der Waals surface area contributed by atoms with Gasteiger partial charge in [0.05, 0.1) is 48.5 Å². The third kappa shape index (κ3) is 9.09. The molecule has 1 amide bonds. The van der Waals surface area contributed by atoms with Crippen LogP contribution in [0.1, 0.15) is 36.8 Å². The highest BCUT2D eigenvalue weighted by Gasteiger charge is 2.29. The molecule has 1 aliphatic heterocycles. The highest BCUT2D eigenvalue weighted by atomic mass is 16.6. The molecular formula is C42H36N8O2. The Kier molecular flexibility index (Phi) is 13.9. The number of nitrogens with zero attached hydrogens (tertiary/aromatic N) is 7. The summed E-state index contributed by atoms with van der Waals surface area (Å²) in [5.74, 6) is 0.832. The fraction of sp³-hybridized carbons (Fsp3) is 0.238. The van der Waals surface area contributed by atoms with E-state index in [0.29, 0.717) is 51.2 Å². The molecule has 1 aliphatic carbocycles. The number of amides is 1. The molecule has 2 atom stereocenters. The van der Waals surface area contributed by atoms with Crippen molar-refractivity contribution in [2.24, 2.45) is 5.92 Å². The van der Waals surface area contributed by atoms with Crippen LogP contribution in [0.4, 0.5) is 4.79 Å². The predicted octanol–water partition coefficient (Wildman–Crippen LogP) is 7.77. The second-order valence-corrected chi connectivity index (χ2v) is 11.7. The molecule has 256 valence electrons. The van der Waals surface area contributed by atoms with Gasteiger partial charge in [-0.3, -0.25) is 5.41 Å². The van der Waals surface area contributed by atoms with Crippen LogP contribution >= 0.6 is 0 Å². The van der Waals surface area contributed by atoms with Gasteiger partial charge in [0.15, 0.2) is 0 Å². The lowest BCUT2D eigenvalue weighted by Gasteiger charge is -2.37. The molecule has 0 aromatic heterocycles. The third-order valence-electron chi connectivity index (χ3n) is 8.71. The maximum Gasteiger partial charge on any atom is 0.409 e. The van der Waals surface area contributed by atoms with Gasteiger partial charge >= 0.3 is 6.09 Å². The second kappa shape index (κ2) is 19.1. The number of hydrogen-bond donors (Lipinski definition) is 1. The maximum atomic E-state index is 12.4. The lowest BCUT2D eigenvalue weighted by atomic mass is 9.81. The molecule has 1 fully saturated rings. The van der Waals surface area contributed by atoms with Gasteiger partial charge in [0.25, 0.3) is 5.70 Å². The number of nitrogens with one attached hydrogen (secondary N) is 1. The van der Waals surface area contributed by atoms with E-state index in [2.05, 4.69) is 27.8 Å². The molecule has 4 rings (SSSR count). The highest BCUT2D eigenvalue weighted by molar-refractivity contribution is 5.88. The summed E-state index contributed by atoms with van der Waals surface area (Å²) in [5, 5.41) is 47.4. The van der Waals surface area contributed by atoms with Gasteiger partial charge in [-0.1, -0.05) is 91.0 Å². The van der Waals surface area contributed by atoms with Crippen LogP contribution in [0.2, 0.25) is 0 Å². The predicted molar refractivity (Wildman–Crippen MR) is 197 cm³/mol. The van der Waals surface area contributed by atoms with E-state index < -0.39 is 11.8 Å². The SMILES string of the molecule is [C-]#[N+]/C(C#N)=C(/C(C#N)=C/C=C/C1=C(N2CCN(C(=O)OCC)CC2)C(=C/C=C/C(C#N)C(C(=C=N)C#N)c2ccccc2)/CC1)c1ccccc1. The molecule has 1 heterocycles. The van der Waals surface area contributed by atoms with E-state index in [1.165, 1.54) is 0 Å². The Morgan fingerprint density at radius 1 is 0.962 bits per heavy atom. The summed E-state index contributed by atoms with van der Waals surface area (Å²) in [7, 11) is 0. The van der Waals surface area contributed by atoms with Gasteiger partial charge in [-0.05, 0) is 54.0 Å². The quantitative estimate of drug-likeness (QED) is 0.110. The minimum Gasteiger partial charge on any atom is -0.450 e. The first-order valence-electron chi connectivity index (χ1n) is 16.7. The Morgan fingerprint density at radius 2 is 1.65 bits per heavy atom. The molecule has 2 aromatic carbocycles. The molecule has 1 saturated heterocycles. The lowest BCUT2D eigenvalue weighted by molar-refractivity contribution is 0.0873. The van der Waals surface area contributed by atoms with Gasteiger partial charge in [-0.15, -0.1) is 0 Å². The summed E-state index contributed by atoms with van der Waals surface area (Å²) in [6.07, 6.45) is 11.9. The van der Waals surface area contributed by atoms with Crippen molar-refractivity contribution in [3.8, 4) is 24.3 Å². The summed E-state index contributed by atoms with van der Waals surface area (Å²) in [5.41, 5.74) is 4.69. The van der Waals surface area contributed by atoms with Crippen molar-refractivity contribution in [2.45, 2.75) is 25.7 Å². The van der Waals surface area contributed by atoms with Gasteiger partial charge in [0.1, 0.15) is 6.07 Å². The summed E-state index contributed by atoms with van der Waals surface area (Å²) >= 11 is 0. The van der Waals surface area contributed by atoms with E-state index in [-0.39, 0.29) is 28.5 Å². The van der Waals surface area contributed by atoms with Crippen molar-refractivity contribution in [2.75, 3.05) is 32.8 Å². The maximum absolute atomic E-state index is 12.4. The number of carbonyl (C=O) groups is 1. The summed E-state index contributed by atoms with van der Waals surface area (Å²) in [6.45, 7) is 11.7. The van der Waals surface area contributed by atoms with Crippen LogP contribution < -0.4 is 0 Å². The van der Waals surface area contributed by atoms with Gasteiger partial charge in [0, 0.05) is 43.4 Å². The van der Waals surface area contributed by atoms with Gasteiger partial charge in [-0.25, -0.2) is 14.9 Å². The first-order chi connectivity index (χ1) is 25.4. The van der Waals surface area contributed by atoms with E-state index >= 15 is 0 Å². The Morgan fingerprint density at radius 3 is 2.23 bits per heavy atom. The number of benzene rings is 2. The average Bonchev–Trinajstić information content (AvgIpc) is 3.59. The van der Waals surface area contributed by atoms with E-state index in [1.807, 2.05) is 66.8 Å². The van der Waals surface area contributed by atoms with Crippen LogP contribution in [0, 0.1) is 63.2 Å². The molecule has 2 unspecified atom stereocenters. The molecular weight excluding hydrogens is 649 g/mol. The number of ether oxygens (including phenoxy) is 1. The van der Waals surface area contributed by atoms with Crippen LogP contribution in [0.5, 0.6) is 0 Å². The van der Waals surface area contributed by atoms with Crippen LogP contribution in [0.3, 0.4) is 0 Å². The Bertz CT molecular complexity index is 2080. The average molecular weight is 685 g/mol. The zero-order valence-corrected chi connectivity index (χ0v) is 28.8. The normalized spacial score (nSPS) is 16.9. The van der Waals surface area contributed by atoms with Crippen LogP contribution in [0.15, 0.2) is 131 Å². The monoisotopic (exact) mass is 684 g/mol. The van der Waals surface area contributed by atoms with Gasteiger partial charge < -0.3 is 14.5 Å². The van der Waals surface area contributed by atoms with Crippen molar-refractivity contribution in [1.29, 1.82) is 26.5 Å². The van der Waals surface area contributed by atoms with Crippen molar-refractivity contribution in [3.05, 3.63) is 153 Å². The standard InChI is InChI=1S/C42H36N8O2/c1-3-52-42(51)50-24-22-49(23-25-50)41-33(16-10-18-35(26-43)39(37(28-45)29-46)31-12-6-4-7-13-31)20-21-34(41)17-11-19-36(27-44)40(38(30-47)48-2)32-14-8-5-9-15-32/h4-19,35,39,45H,3,20-25H2,1H3/b17-11+,18-10+,33-16+,36-19+,40-38+. The molecule has 52 heavy (non-hydrogen) atoms. The number of hydrogen-bond acceptors (Lipinski definition) is 8. The number of nitriles is 4. The van der Waals surface area contributed by atoms with E-state index in [9.17, 15) is 25.8 Å². The van der Waals surface area contributed by atoms with Crippen LogP contribution in [-0.2, 0) is 4.74 Å². The number of allylic oxidation sites excluding steroid dienone is 12. The minimum absolute atomic E-state index is 0.0664. The third-order valence-corrected chi connectivity index (χ3v) is 8.71. The van der Waals surface area contributed by atoms with Gasteiger partial charge in [-0.2, -0.15) is 15.8 Å². The van der Waals surface area contributed by atoms with Crippen molar-refractivity contribution in [1.82, 2.24) is 9.80 Å². The minimum atomic E-state index is -0.733. The number of carbonyl (C=O) groups excluding carboxylic acids is 1. The largest absolute Gasteiger partial charge is 0.450 e. The molecule has 10 heteroatoms. The number of piperazine rings is 1. The lowest BCUT2D eigenvalue weighted by Crippen LogP contribution is -2.48. The van der Waals surface area contributed by atoms with E-state index in [0.717, 1.165) is 22.4 Å². The van der Waals surface area contributed by atoms with Crippen molar-refractivity contribution >= 4 is 17.5 Å². The first-order valence-corrected chi connectivity index (χ1v) is 16.7. The fourth-order valence-electron chi connectivity index (χ4n) is 6.28. The van der Waals surface area contributed by atoms with Gasteiger partial charge in [0.2, 0.25) is 0 Å². The summed E-state index contributed by atoms with van der Waals surface area (Å²) in [6, 6.07) is 26.5. The fourth-order valence-corrected chi connectivity index (χ4v) is 6.28. The zero-order valence-electron chi connectivity index (χ0n) is 28.8. The van der Waals surface area contributed by atoms with Crippen molar-refractivity contribution < 1.29 is 9.53 Å². The Labute approximate surface area is 304 Å². The smallest absolute Gasteiger partial charge is 0.409 e. The molecule has 10 nitrogen and oxygen atoms in total. The van der Waals surface area contributed by atoms with Crippen LogP contribution in [0.25, 0.3) is 10.4 Å². The molecule has 1 N–H and O–H groups in total. The van der Waals surface area contributed by atoms with E-state index in [4.69, 9.17) is 16.7 Å². The number of rotatable bonds is 11. The highest BCUT2D eigenvalue weighted by Crippen LogP contribution is 2.37. The van der Waals surface area contributed by atoms with Crippen molar-refractivity contribution in [3.63, 3.8) is 0 Å². The summed E-state index contributed by atoms with van der Waals surface area (Å²) < 4.78 is 5.21. The molecule has 0 radical (unpaired) electrons. The molecule has 0 bridgehead atoms. The summed E-state index contributed by atoms with van der Waals surface area (Å²) in [4.78, 5) is 19.7. The molecule has 2 aromatic rings. The van der Waals surface area contributed by atoms with Crippen LogP contribution in [-0.4, -0.2) is 54.5 Å². The molecule has 0 spiro atoms. The first kappa shape index (κ1) is 37.7. The molecule has 2 aliphatic rings. The Balaban J connectivity index is 1.73. The zero-order chi connectivity index (χ0) is 37.3. The molecule has 0 saturated carbocycles. The van der Waals surface area contributed by atoms with E-state index in [1.54, 1.807) is 54.3 Å². The Hall–Kier alpha value is -7.15. The second-order valence-electron chi connectivity index (χ2n) is 11.7.